The van der Waals surface area contributed by atoms with Gasteiger partial charge >= 0.3 is 0 Å². The first-order valence-corrected chi connectivity index (χ1v) is 4.74. The molecule has 1 aliphatic heterocycles. The molecule has 0 aliphatic carbocycles. The van der Waals surface area contributed by atoms with Crippen molar-refractivity contribution in [3.05, 3.63) is 10.6 Å². The molecule has 13 heavy (non-hydrogen) atoms. The van der Waals surface area contributed by atoms with Crippen molar-refractivity contribution >= 4 is 12.2 Å². The lowest BCUT2D eigenvalue weighted by atomic mass is 10.1. The molecule has 0 spiro atoms. The average molecular weight is 200 g/mol. The van der Waals surface area contributed by atoms with Crippen LogP contribution in [-0.4, -0.2) is 21.5 Å². The number of aromatic amines is 1. The molecule has 1 aromatic rings. The fourth-order valence-corrected chi connectivity index (χ4v) is 1.63. The second-order valence-electron chi connectivity index (χ2n) is 3.11. The number of ether oxygens (including phenoxy) is 1. The molecule has 3 N–H and O–H groups in total. The van der Waals surface area contributed by atoms with Crippen LogP contribution in [0.5, 0.6) is 0 Å². The second-order valence-corrected chi connectivity index (χ2v) is 3.50. The maximum atomic E-state index is 5.67. The molecule has 1 aromatic heterocycles. The van der Waals surface area contributed by atoms with Gasteiger partial charge in [0.15, 0.2) is 5.82 Å². The van der Waals surface area contributed by atoms with E-state index in [-0.39, 0.29) is 6.10 Å². The Kier molecular flexibility index (Phi) is 2.32. The average Bonchev–Trinajstić information content (AvgIpc) is 2.49. The first-order chi connectivity index (χ1) is 6.29. The van der Waals surface area contributed by atoms with Crippen molar-refractivity contribution in [3.8, 4) is 0 Å². The van der Waals surface area contributed by atoms with Gasteiger partial charge in [-0.05, 0) is 31.5 Å². The van der Waals surface area contributed by atoms with Crippen molar-refractivity contribution in [2.75, 3.05) is 12.4 Å². The number of H-pyrrole nitrogens is 1. The summed E-state index contributed by atoms with van der Waals surface area (Å²) >= 11 is 4.91. The van der Waals surface area contributed by atoms with Crippen LogP contribution in [0.15, 0.2) is 0 Å². The van der Waals surface area contributed by atoms with Crippen LogP contribution in [0.3, 0.4) is 0 Å². The van der Waals surface area contributed by atoms with Gasteiger partial charge in [0.2, 0.25) is 4.77 Å². The highest BCUT2D eigenvalue weighted by molar-refractivity contribution is 7.71. The predicted molar refractivity (Wildman–Crippen MR) is 50.1 cm³/mol. The maximum Gasteiger partial charge on any atom is 0.214 e. The molecule has 1 fully saturated rings. The SMILES string of the molecule is Nn1c([C@H]2CCCCO2)n[nH]c1=S. The lowest BCUT2D eigenvalue weighted by Crippen LogP contribution is -2.20. The third-order valence-electron chi connectivity index (χ3n) is 2.20. The number of aromatic nitrogens is 3. The fraction of sp³-hybridized carbons (Fsp3) is 0.714. The van der Waals surface area contributed by atoms with Crippen LogP contribution in [0.1, 0.15) is 31.2 Å². The van der Waals surface area contributed by atoms with Crippen LogP contribution in [0, 0.1) is 4.77 Å². The van der Waals surface area contributed by atoms with E-state index in [1.54, 1.807) is 0 Å². The van der Waals surface area contributed by atoms with E-state index in [1.165, 1.54) is 4.68 Å². The highest BCUT2D eigenvalue weighted by Gasteiger charge is 2.20. The largest absolute Gasteiger partial charge is 0.370 e. The van der Waals surface area contributed by atoms with Gasteiger partial charge in [0.25, 0.3) is 0 Å². The lowest BCUT2D eigenvalue weighted by Gasteiger charge is -2.20. The molecule has 0 amide bonds. The van der Waals surface area contributed by atoms with E-state index in [4.69, 9.17) is 22.8 Å². The minimum absolute atomic E-state index is 0.00620. The Balaban J connectivity index is 2.23. The second kappa shape index (κ2) is 3.47. The first-order valence-electron chi connectivity index (χ1n) is 4.33. The van der Waals surface area contributed by atoms with Crippen molar-refractivity contribution in [1.82, 2.24) is 14.9 Å². The van der Waals surface area contributed by atoms with Crippen molar-refractivity contribution in [1.29, 1.82) is 0 Å². The monoisotopic (exact) mass is 200 g/mol. The zero-order valence-corrected chi connectivity index (χ0v) is 8.01. The van der Waals surface area contributed by atoms with Gasteiger partial charge in [0, 0.05) is 6.61 Å². The van der Waals surface area contributed by atoms with Crippen molar-refractivity contribution in [3.63, 3.8) is 0 Å². The quantitative estimate of drug-likeness (QED) is 0.522. The van der Waals surface area contributed by atoms with E-state index < -0.39 is 0 Å². The summed E-state index contributed by atoms with van der Waals surface area (Å²) in [5.41, 5.74) is 0. The number of nitrogen functional groups attached to an aromatic ring is 1. The molecular formula is C7H12N4OS. The van der Waals surface area contributed by atoms with E-state index in [2.05, 4.69) is 10.2 Å². The third-order valence-corrected chi connectivity index (χ3v) is 2.49. The summed E-state index contributed by atoms with van der Waals surface area (Å²) in [7, 11) is 0. The van der Waals surface area contributed by atoms with Gasteiger partial charge in [0.05, 0.1) is 0 Å². The summed E-state index contributed by atoms with van der Waals surface area (Å²) in [5, 5.41) is 6.68. The minimum atomic E-state index is 0.00620. The summed E-state index contributed by atoms with van der Waals surface area (Å²) in [6, 6.07) is 0. The molecule has 1 atom stereocenters. The summed E-state index contributed by atoms with van der Waals surface area (Å²) < 4.78 is 7.34. The standard InChI is InChI=1S/C7H12N4OS/c8-11-6(9-10-7(11)13)5-3-1-2-4-12-5/h5H,1-4,8H2,(H,10,13)/t5-/m1/s1. The van der Waals surface area contributed by atoms with Crippen LogP contribution >= 0.6 is 12.2 Å². The van der Waals surface area contributed by atoms with Crippen LogP contribution in [0.4, 0.5) is 0 Å². The van der Waals surface area contributed by atoms with Crippen molar-refractivity contribution in [2.24, 2.45) is 0 Å². The van der Waals surface area contributed by atoms with Gasteiger partial charge in [-0.3, -0.25) is 5.10 Å². The number of nitrogens with one attached hydrogen (secondary N) is 1. The van der Waals surface area contributed by atoms with Crippen molar-refractivity contribution < 1.29 is 4.74 Å². The summed E-state index contributed by atoms with van der Waals surface area (Å²) in [4.78, 5) is 0. The molecule has 0 unspecified atom stereocenters. The molecule has 2 heterocycles. The van der Waals surface area contributed by atoms with E-state index in [1.807, 2.05) is 0 Å². The van der Waals surface area contributed by atoms with Crippen LogP contribution in [-0.2, 0) is 4.74 Å². The normalized spacial score (nSPS) is 23.2. The molecule has 0 saturated carbocycles. The lowest BCUT2D eigenvalue weighted by molar-refractivity contribution is 0.00799. The molecule has 6 heteroatoms. The Labute approximate surface area is 80.9 Å². The molecule has 0 radical (unpaired) electrons. The van der Waals surface area contributed by atoms with Crippen LogP contribution in [0.2, 0.25) is 0 Å². The smallest absolute Gasteiger partial charge is 0.214 e. The Morgan fingerprint density at radius 1 is 1.62 bits per heavy atom. The van der Waals surface area contributed by atoms with Gasteiger partial charge < -0.3 is 10.6 Å². The Morgan fingerprint density at radius 3 is 3.00 bits per heavy atom. The van der Waals surface area contributed by atoms with Gasteiger partial charge in [-0.1, -0.05) is 0 Å². The minimum Gasteiger partial charge on any atom is -0.370 e. The molecule has 72 valence electrons. The summed E-state index contributed by atoms with van der Waals surface area (Å²) in [6.07, 6.45) is 3.25. The topological polar surface area (TPSA) is 68.9 Å². The molecule has 2 rings (SSSR count). The Hall–Kier alpha value is -0.880. The summed E-state index contributed by atoms with van der Waals surface area (Å²) in [6.45, 7) is 0.782. The Morgan fingerprint density at radius 2 is 2.46 bits per heavy atom. The van der Waals surface area contributed by atoms with Crippen LogP contribution in [0.25, 0.3) is 0 Å². The zero-order valence-electron chi connectivity index (χ0n) is 7.19. The van der Waals surface area contributed by atoms with Gasteiger partial charge in [0.1, 0.15) is 6.10 Å². The zero-order chi connectivity index (χ0) is 9.26. The molecule has 5 nitrogen and oxygen atoms in total. The highest BCUT2D eigenvalue weighted by Crippen LogP contribution is 2.25. The molecule has 0 aromatic carbocycles. The van der Waals surface area contributed by atoms with Crippen LogP contribution < -0.4 is 5.84 Å². The molecular weight excluding hydrogens is 188 g/mol. The Bertz CT molecular complexity index is 339. The van der Waals surface area contributed by atoms with E-state index in [9.17, 15) is 0 Å². The van der Waals surface area contributed by atoms with E-state index in [0.29, 0.717) is 10.6 Å². The van der Waals surface area contributed by atoms with E-state index >= 15 is 0 Å². The van der Waals surface area contributed by atoms with Gasteiger partial charge in [-0.2, -0.15) is 5.10 Å². The number of hydrogen-bond donors (Lipinski definition) is 2. The fourth-order valence-electron chi connectivity index (χ4n) is 1.49. The highest BCUT2D eigenvalue weighted by atomic mass is 32.1. The summed E-state index contributed by atoms with van der Waals surface area (Å²) in [5.74, 6) is 6.37. The number of rotatable bonds is 1. The number of nitrogens with two attached hydrogens (primary N) is 1. The van der Waals surface area contributed by atoms with E-state index in [0.717, 1.165) is 25.9 Å². The number of nitrogens with zero attached hydrogens (tertiary/aromatic N) is 2. The third kappa shape index (κ3) is 1.59. The number of hydrogen-bond acceptors (Lipinski definition) is 4. The molecule has 1 saturated heterocycles. The molecule has 1 aliphatic rings. The maximum absolute atomic E-state index is 5.67. The van der Waals surface area contributed by atoms with Gasteiger partial charge in [-0.15, -0.1) is 0 Å². The predicted octanol–water partition coefficient (Wildman–Crippen LogP) is 0.896. The first kappa shape index (κ1) is 8.71. The van der Waals surface area contributed by atoms with Gasteiger partial charge in [-0.25, -0.2) is 4.68 Å². The molecule has 0 bridgehead atoms. The van der Waals surface area contributed by atoms with Crippen molar-refractivity contribution in [2.45, 2.75) is 25.4 Å².